The number of Topliss-reactive ketones (excluding diaryl/α,β-unsaturated/α-hetero) is 1. The molecule has 4 heteroatoms. The van der Waals surface area contributed by atoms with Gasteiger partial charge in [-0.3, -0.25) is 4.79 Å². The number of anilines is 1. The Morgan fingerprint density at radius 2 is 1.59 bits per heavy atom. The quantitative estimate of drug-likeness (QED) is 0.505. The van der Waals surface area contributed by atoms with Crippen LogP contribution in [0.1, 0.15) is 33.9 Å². The van der Waals surface area contributed by atoms with E-state index in [0.717, 1.165) is 28.1 Å². The summed E-state index contributed by atoms with van der Waals surface area (Å²) in [4.78, 5) is 12.8. The molecule has 0 spiro atoms. The van der Waals surface area contributed by atoms with Crippen LogP contribution in [0.5, 0.6) is 5.75 Å². The fraction of sp³-hybridized carbons (Fsp3) is 0.174. The second kappa shape index (κ2) is 8.74. The third kappa shape index (κ3) is 5.11. The highest BCUT2D eigenvalue weighted by Crippen LogP contribution is 2.27. The maximum Gasteiger partial charge on any atom is 0.165 e. The zero-order valence-corrected chi connectivity index (χ0v) is 16.2. The highest BCUT2D eigenvalue weighted by atomic mass is 35.5. The summed E-state index contributed by atoms with van der Waals surface area (Å²) in [6, 6.07) is 22.8. The number of rotatable bonds is 7. The number of hydrogen-bond donors (Lipinski definition) is 1. The topological polar surface area (TPSA) is 38.3 Å². The average Bonchev–Trinajstić information content (AvgIpc) is 2.69. The summed E-state index contributed by atoms with van der Waals surface area (Å²) in [7, 11) is 1.64. The van der Waals surface area contributed by atoms with E-state index in [2.05, 4.69) is 5.32 Å². The minimum absolute atomic E-state index is 0.0947. The summed E-state index contributed by atoms with van der Waals surface area (Å²) in [5.41, 5.74) is 3.79. The average molecular weight is 380 g/mol. The van der Waals surface area contributed by atoms with Crippen LogP contribution in [0.2, 0.25) is 5.02 Å². The molecular weight excluding hydrogens is 358 g/mol. The lowest BCUT2D eigenvalue weighted by Gasteiger charge is -2.20. The molecule has 3 aromatic rings. The second-order valence-electron chi connectivity index (χ2n) is 6.47. The predicted molar refractivity (Wildman–Crippen MR) is 111 cm³/mol. The molecule has 3 aromatic carbocycles. The van der Waals surface area contributed by atoms with E-state index in [0.29, 0.717) is 11.4 Å². The highest BCUT2D eigenvalue weighted by molar-refractivity contribution is 6.30. The Morgan fingerprint density at radius 3 is 2.19 bits per heavy atom. The van der Waals surface area contributed by atoms with Gasteiger partial charge in [0.05, 0.1) is 13.2 Å². The highest BCUT2D eigenvalue weighted by Gasteiger charge is 2.17. The smallest absolute Gasteiger partial charge is 0.165 e. The Labute approximate surface area is 164 Å². The molecule has 0 aliphatic carbocycles. The number of carbonyl (C=O) groups excluding carboxylic acids is 1. The van der Waals surface area contributed by atoms with E-state index in [4.69, 9.17) is 16.3 Å². The van der Waals surface area contributed by atoms with Crippen molar-refractivity contribution in [1.82, 2.24) is 0 Å². The summed E-state index contributed by atoms with van der Waals surface area (Å²) in [6.45, 7) is 2.01. The van der Waals surface area contributed by atoms with Crippen molar-refractivity contribution in [3.05, 3.63) is 94.5 Å². The zero-order valence-electron chi connectivity index (χ0n) is 15.4. The van der Waals surface area contributed by atoms with Gasteiger partial charge in [0.1, 0.15) is 5.75 Å². The maximum atomic E-state index is 12.8. The molecule has 3 nitrogen and oxygen atoms in total. The Hall–Kier alpha value is -2.78. The van der Waals surface area contributed by atoms with Crippen LogP contribution in [0.3, 0.4) is 0 Å². The molecule has 27 heavy (non-hydrogen) atoms. The van der Waals surface area contributed by atoms with E-state index in [9.17, 15) is 4.79 Å². The first-order valence-electron chi connectivity index (χ1n) is 8.81. The maximum absolute atomic E-state index is 12.8. The van der Waals surface area contributed by atoms with Gasteiger partial charge in [-0.15, -0.1) is 0 Å². The summed E-state index contributed by atoms with van der Waals surface area (Å²) >= 11 is 5.98. The lowest BCUT2D eigenvalue weighted by atomic mass is 9.97. The third-order valence-electron chi connectivity index (χ3n) is 4.47. The van der Waals surface area contributed by atoms with Crippen molar-refractivity contribution in [2.75, 3.05) is 12.4 Å². The molecule has 1 N–H and O–H groups in total. The van der Waals surface area contributed by atoms with E-state index < -0.39 is 0 Å². The first kappa shape index (κ1) is 19.0. The molecule has 0 fully saturated rings. The molecule has 0 saturated heterocycles. The number of hydrogen-bond acceptors (Lipinski definition) is 3. The van der Waals surface area contributed by atoms with Gasteiger partial charge in [0.2, 0.25) is 0 Å². The fourth-order valence-corrected chi connectivity index (χ4v) is 3.00. The van der Waals surface area contributed by atoms with Gasteiger partial charge in [0.15, 0.2) is 5.78 Å². The van der Waals surface area contributed by atoms with Crippen molar-refractivity contribution >= 4 is 23.1 Å². The van der Waals surface area contributed by atoms with Crippen molar-refractivity contribution in [2.45, 2.75) is 19.4 Å². The lowest BCUT2D eigenvalue weighted by molar-refractivity contribution is 0.0976. The van der Waals surface area contributed by atoms with E-state index in [1.54, 1.807) is 7.11 Å². The second-order valence-corrected chi connectivity index (χ2v) is 6.91. The first-order valence-corrected chi connectivity index (χ1v) is 9.19. The van der Waals surface area contributed by atoms with Crippen molar-refractivity contribution in [1.29, 1.82) is 0 Å². The number of nitrogens with one attached hydrogen (secondary N) is 1. The van der Waals surface area contributed by atoms with Crippen molar-refractivity contribution in [2.24, 2.45) is 0 Å². The van der Waals surface area contributed by atoms with Crippen LogP contribution in [0.25, 0.3) is 0 Å². The first-order chi connectivity index (χ1) is 13.0. The van der Waals surface area contributed by atoms with Gasteiger partial charge in [-0.25, -0.2) is 0 Å². The van der Waals surface area contributed by atoms with Gasteiger partial charge < -0.3 is 10.1 Å². The van der Waals surface area contributed by atoms with Crippen molar-refractivity contribution < 1.29 is 9.53 Å². The molecule has 0 aromatic heterocycles. The van der Waals surface area contributed by atoms with Crippen molar-refractivity contribution in [3.63, 3.8) is 0 Å². The fourth-order valence-electron chi connectivity index (χ4n) is 2.88. The molecular formula is C23H22ClNO2. The molecule has 0 unspecified atom stereocenters. The zero-order chi connectivity index (χ0) is 19.2. The number of aryl methyl sites for hydroxylation is 1. The van der Waals surface area contributed by atoms with Crippen LogP contribution in [0.15, 0.2) is 72.8 Å². The third-order valence-corrected chi connectivity index (χ3v) is 4.72. The molecule has 0 bridgehead atoms. The minimum atomic E-state index is -0.161. The van der Waals surface area contributed by atoms with Gasteiger partial charge in [-0.2, -0.15) is 0 Å². The van der Waals surface area contributed by atoms with E-state index in [1.807, 2.05) is 79.7 Å². The molecule has 1 atom stereocenters. The Bertz CT molecular complexity index is 887. The van der Waals surface area contributed by atoms with Gasteiger partial charge in [-0.05, 0) is 48.9 Å². The summed E-state index contributed by atoms with van der Waals surface area (Å²) in [6.07, 6.45) is 0.345. The van der Waals surface area contributed by atoms with Crippen LogP contribution in [-0.4, -0.2) is 12.9 Å². The minimum Gasteiger partial charge on any atom is -0.497 e. The standard InChI is InChI=1S/C23H22ClNO2/c1-16-3-5-18(6-4-16)23(26)15-22(17-7-13-21(27-2)14-8-17)25-20-11-9-19(24)10-12-20/h3-14,22,25H,15H2,1-2H3/t22-/m0/s1. The number of halogens is 1. The lowest BCUT2D eigenvalue weighted by Crippen LogP contribution is -2.16. The van der Waals surface area contributed by atoms with Crippen LogP contribution < -0.4 is 10.1 Å². The van der Waals surface area contributed by atoms with Gasteiger partial charge in [0.25, 0.3) is 0 Å². The van der Waals surface area contributed by atoms with Gasteiger partial charge in [0, 0.05) is 22.7 Å². The molecule has 0 saturated carbocycles. The molecule has 0 amide bonds. The van der Waals surface area contributed by atoms with Gasteiger partial charge in [-0.1, -0.05) is 53.6 Å². The van der Waals surface area contributed by atoms with Gasteiger partial charge >= 0.3 is 0 Å². The summed E-state index contributed by atoms with van der Waals surface area (Å²) in [5.74, 6) is 0.881. The molecule has 0 aliphatic heterocycles. The summed E-state index contributed by atoms with van der Waals surface area (Å²) in [5, 5.41) is 4.13. The molecule has 0 aliphatic rings. The molecule has 0 heterocycles. The largest absolute Gasteiger partial charge is 0.497 e. The van der Waals surface area contributed by atoms with Crippen LogP contribution in [-0.2, 0) is 0 Å². The number of methoxy groups -OCH3 is 1. The van der Waals surface area contributed by atoms with Crippen LogP contribution in [0, 0.1) is 6.92 Å². The predicted octanol–water partition coefficient (Wildman–Crippen LogP) is 6.08. The number of ether oxygens (including phenoxy) is 1. The van der Waals surface area contributed by atoms with E-state index in [-0.39, 0.29) is 11.8 Å². The Balaban J connectivity index is 1.84. The normalized spacial score (nSPS) is 11.7. The van der Waals surface area contributed by atoms with Crippen molar-refractivity contribution in [3.8, 4) is 5.75 Å². The molecule has 3 rings (SSSR count). The Kier molecular flexibility index (Phi) is 6.15. The van der Waals surface area contributed by atoms with Crippen LogP contribution in [0.4, 0.5) is 5.69 Å². The summed E-state index contributed by atoms with van der Waals surface area (Å²) < 4.78 is 5.24. The van der Waals surface area contributed by atoms with Crippen LogP contribution >= 0.6 is 11.6 Å². The molecule has 0 radical (unpaired) electrons. The number of carbonyl (C=O) groups is 1. The number of benzene rings is 3. The van der Waals surface area contributed by atoms with E-state index in [1.165, 1.54) is 0 Å². The van der Waals surface area contributed by atoms with E-state index >= 15 is 0 Å². The Morgan fingerprint density at radius 1 is 0.963 bits per heavy atom. The monoisotopic (exact) mass is 379 g/mol. The SMILES string of the molecule is COc1ccc([C@H](CC(=O)c2ccc(C)cc2)Nc2ccc(Cl)cc2)cc1. The number of ketones is 1. The molecule has 138 valence electrons.